The summed E-state index contributed by atoms with van der Waals surface area (Å²) < 4.78 is 13.2. The number of nitrogens with zero attached hydrogens (tertiary/aromatic N) is 1. The van der Waals surface area contributed by atoms with E-state index in [1.807, 2.05) is 0 Å². The fourth-order valence-corrected chi connectivity index (χ4v) is 2.55. The van der Waals surface area contributed by atoms with Crippen molar-refractivity contribution < 1.29 is 9.18 Å². The number of piperidine rings is 1. The van der Waals surface area contributed by atoms with Crippen LogP contribution in [0, 0.1) is 5.82 Å². The number of amides is 1. The van der Waals surface area contributed by atoms with E-state index < -0.39 is 5.82 Å². The molecule has 1 heterocycles. The van der Waals surface area contributed by atoms with Crippen molar-refractivity contribution in [2.24, 2.45) is 0 Å². The molecule has 1 unspecified atom stereocenters. The van der Waals surface area contributed by atoms with Crippen molar-refractivity contribution in [1.29, 1.82) is 0 Å². The monoisotopic (exact) mass is 279 g/mol. The first-order chi connectivity index (χ1) is 9.58. The molecule has 1 aromatic rings. The molecule has 1 amide bonds. The van der Waals surface area contributed by atoms with Crippen LogP contribution in [0.15, 0.2) is 18.2 Å². The van der Waals surface area contributed by atoms with Crippen molar-refractivity contribution in [2.45, 2.75) is 32.2 Å². The fourth-order valence-electron chi connectivity index (χ4n) is 2.55. The Morgan fingerprint density at radius 3 is 2.80 bits per heavy atom. The smallest absolute Gasteiger partial charge is 0.253 e. The topological polar surface area (TPSA) is 58.4 Å². The number of likely N-dealkylation sites (tertiary alicyclic amines) is 1. The van der Waals surface area contributed by atoms with Gasteiger partial charge >= 0.3 is 0 Å². The number of hydrogen-bond donors (Lipinski definition) is 2. The lowest BCUT2D eigenvalue weighted by Crippen LogP contribution is -2.44. The molecule has 1 aromatic carbocycles. The first-order valence-electron chi connectivity index (χ1n) is 7.15. The largest absolute Gasteiger partial charge is 0.398 e. The number of benzene rings is 1. The molecule has 1 saturated heterocycles. The van der Waals surface area contributed by atoms with Gasteiger partial charge in [0.2, 0.25) is 0 Å². The number of halogens is 1. The second kappa shape index (κ2) is 6.70. The highest BCUT2D eigenvalue weighted by Crippen LogP contribution is 2.14. The lowest BCUT2D eigenvalue weighted by molar-refractivity contribution is 0.0930. The average Bonchev–Trinajstić information content (AvgIpc) is 2.47. The maximum atomic E-state index is 13.2. The minimum absolute atomic E-state index is 0.204. The Labute approximate surface area is 119 Å². The van der Waals surface area contributed by atoms with Gasteiger partial charge in [-0.2, -0.15) is 0 Å². The molecule has 5 heteroatoms. The van der Waals surface area contributed by atoms with E-state index in [4.69, 9.17) is 5.73 Å². The minimum atomic E-state index is -0.451. The minimum Gasteiger partial charge on any atom is -0.398 e. The van der Waals surface area contributed by atoms with Crippen molar-refractivity contribution in [3.05, 3.63) is 29.6 Å². The zero-order valence-corrected chi connectivity index (χ0v) is 11.9. The molecule has 0 aromatic heterocycles. The summed E-state index contributed by atoms with van der Waals surface area (Å²) in [6.45, 7) is 4.81. The third-order valence-electron chi connectivity index (χ3n) is 3.83. The van der Waals surface area contributed by atoms with E-state index >= 15 is 0 Å². The molecule has 1 aliphatic heterocycles. The van der Waals surface area contributed by atoms with Crippen molar-refractivity contribution in [3.8, 4) is 0 Å². The highest BCUT2D eigenvalue weighted by atomic mass is 19.1. The predicted molar refractivity (Wildman–Crippen MR) is 78.0 cm³/mol. The van der Waals surface area contributed by atoms with E-state index in [2.05, 4.69) is 17.1 Å². The molecule has 110 valence electrons. The molecule has 0 spiro atoms. The van der Waals surface area contributed by atoms with Crippen LogP contribution in [0.3, 0.4) is 0 Å². The molecule has 2 rings (SSSR count). The molecule has 1 atom stereocenters. The molecule has 4 nitrogen and oxygen atoms in total. The maximum absolute atomic E-state index is 13.2. The van der Waals surface area contributed by atoms with Crippen LogP contribution in [0.5, 0.6) is 0 Å². The predicted octanol–water partition coefficient (Wildman–Crippen LogP) is 2.01. The van der Waals surface area contributed by atoms with Crippen LogP contribution in [-0.4, -0.2) is 36.5 Å². The van der Waals surface area contributed by atoms with Crippen molar-refractivity contribution in [3.63, 3.8) is 0 Å². The summed E-state index contributed by atoms with van der Waals surface area (Å²) in [5, 5.41) is 2.84. The Bertz CT molecular complexity index is 472. The van der Waals surface area contributed by atoms with Crippen LogP contribution in [0.2, 0.25) is 0 Å². The number of hydrogen-bond acceptors (Lipinski definition) is 3. The fraction of sp³-hybridized carbons (Fsp3) is 0.533. The van der Waals surface area contributed by atoms with E-state index in [0.29, 0.717) is 12.2 Å². The van der Waals surface area contributed by atoms with Gasteiger partial charge in [0.25, 0.3) is 5.91 Å². The normalized spacial score (nSPS) is 17.7. The number of anilines is 1. The van der Waals surface area contributed by atoms with Crippen molar-refractivity contribution in [1.82, 2.24) is 10.2 Å². The molecule has 0 aliphatic carbocycles. The zero-order chi connectivity index (χ0) is 14.5. The van der Waals surface area contributed by atoms with Crippen LogP contribution < -0.4 is 11.1 Å². The Hall–Kier alpha value is -1.62. The van der Waals surface area contributed by atoms with Gasteiger partial charge in [-0.25, -0.2) is 4.39 Å². The standard InChI is InChI=1S/C15H22FN3O/c1-11(19-7-3-2-4-8-19)10-18-15(20)13-9-12(16)5-6-14(13)17/h5-6,9,11H,2-4,7-8,10,17H2,1H3,(H,18,20). The lowest BCUT2D eigenvalue weighted by Gasteiger charge is -2.32. The van der Waals surface area contributed by atoms with Crippen LogP contribution in [0.25, 0.3) is 0 Å². The molecule has 0 saturated carbocycles. The van der Waals surface area contributed by atoms with Gasteiger partial charge in [0, 0.05) is 18.3 Å². The number of rotatable bonds is 4. The van der Waals surface area contributed by atoms with E-state index in [0.717, 1.165) is 13.1 Å². The SMILES string of the molecule is CC(CNC(=O)c1cc(F)ccc1N)N1CCCCC1. The van der Waals surface area contributed by atoms with E-state index in [9.17, 15) is 9.18 Å². The second-order valence-electron chi connectivity index (χ2n) is 5.39. The Morgan fingerprint density at radius 1 is 1.40 bits per heavy atom. The number of carbonyl (C=O) groups is 1. The van der Waals surface area contributed by atoms with Gasteiger partial charge < -0.3 is 11.1 Å². The van der Waals surface area contributed by atoms with Gasteiger partial charge in [-0.1, -0.05) is 6.42 Å². The maximum Gasteiger partial charge on any atom is 0.253 e. The van der Waals surface area contributed by atoms with Gasteiger partial charge in [0.15, 0.2) is 0 Å². The summed E-state index contributed by atoms with van der Waals surface area (Å²) in [5.41, 5.74) is 6.21. The summed E-state index contributed by atoms with van der Waals surface area (Å²) in [6.07, 6.45) is 3.72. The van der Waals surface area contributed by atoms with E-state index in [1.54, 1.807) is 0 Å². The third kappa shape index (κ3) is 3.70. The Morgan fingerprint density at radius 2 is 2.10 bits per heavy atom. The molecule has 0 bridgehead atoms. The summed E-state index contributed by atoms with van der Waals surface area (Å²) in [7, 11) is 0. The summed E-state index contributed by atoms with van der Waals surface area (Å²) in [5.74, 6) is -0.765. The summed E-state index contributed by atoms with van der Waals surface area (Å²) >= 11 is 0. The van der Waals surface area contributed by atoms with Gasteiger partial charge in [-0.05, 0) is 51.1 Å². The van der Waals surface area contributed by atoms with Crippen LogP contribution in [0.1, 0.15) is 36.5 Å². The zero-order valence-electron chi connectivity index (χ0n) is 11.9. The van der Waals surface area contributed by atoms with E-state index in [1.165, 1.54) is 37.5 Å². The average molecular weight is 279 g/mol. The molecule has 20 heavy (non-hydrogen) atoms. The van der Waals surface area contributed by atoms with Crippen LogP contribution in [-0.2, 0) is 0 Å². The molecule has 1 aliphatic rings. The summed E-state index contributed by atoms with van der Waals surface area (Å²) in [6, 6.07) is 4.13. The number of nitrogens with one attached hydrogen (secondary N) is 1. The third-order valence-corrected chi connectivity index (χ3v) is 3.83. The lowest BCUT2D eigenvalue weighted by atomic mass is 10.1. The van der Waals surface area contributed by atoms with Gasteiger partial charge in [0.1, 0.15) is 5.82 Å². The number of nitrogen functional groups attached to an aromatic ring is 1. The van der Waals surface area contributed by atoms with Gasteiger partial charge in [-0.15, -0.1) is 0 Å². The summed E-state index contributed by atoms with van der Waals surface area (Å²) in [4.78, 5) is 14.4. The highest BCUT2D eigenvalue weighted by molar-refractivity contribution is 5.99. The molecule has 0 radical (unpaired) electrons. The van der Waals surface area contributed by atoms with Gasteiger partial charge in [0.05, 0.1) is 5.56 Å². The van der Waals surface area contributed by atoms with E-state index in [-0.39, 0.29) is 17.5 Å². The highest BCUT2D eigenvalue weighted by Gasteiger charge is 2.18. The van der Waals surface area contributed by atoms with Gasteiger partial charge in [-0.3, -0.25) is 9.69 Å². The Kier molecular flexibility index (Phi) is 4.95. The van der Waals surface area contributed by atoms with Crippen molar-refractivity contribution >= 4 is 11.6 Å². The van der Waals surface area contributed by atoms with Crippen LogP contribution in [0.4, 0.5) is 10.1 Å². The Balaban J connectivity index is 1.89. The number of nitrogens with two attached hydrogens (primary N) is 1. The van der Waals surface area contributed by atoms with Crippen molar-refractivity contribution in [2.75, 3.05) is 25.4 Å². The molecule has 1 fully saturated rings. The number of carbonyl (C=O) groups excluding carboxylic acids is 1. The second-order valence-corrected chi connectivity index (χ2v) is 5.39. The first-order valence-corrected chi connectivity index (χ1v) is 7.15. The molecule has 3 N–H and O–H groups in total. The molecular weight excluding hydrogens is 257 g/mol. The first kappa shape index (κ1) is 14.8. The molecular formula is C15H22FN3O. The quantitative estimate of drug-likeness (QED) is 0.829. The van der Waals surface area contributed by atoms with Crippen LogP contribution >= 0.6 is 0 Å².